The molecule has 0 saturated carbocycles. The number of carbonyl (C=O) groups is 1. The summed E-state index contributed by atoms with van der Waals surface area (Å²) in [4.78, 5) is 14.2. The van der Waals surface area contributed by atoms with Crippen molar-refractivity contribution in [2.45, 2.75) is 33.2 Å². The number of nitrogens with zero attached hydrogens (tertiary/aromatic N) is 1. The van der Waals surface area contributed by atoms with E-state index < -0.39 is 5.82 Å². The molecule has 0 spiro atoms. The van der Waals surface area contributed by atoms with Crippen LogP contribution in [0.25, 0.3) is 0 Å². The number of ether oxygens (including phenoxy) is 1. The quantitative estimate of drug-likeness (QED) is 0.816. The van der Waals surface area contributed by atoms with Gasteiger partial charge in [0, 0.05) is 36.5 Å². The average molecular weight is 282 g/mol. The second-order valence-corrected chi connectivity index (χ2v) is 4.92. The fourth-order valence-electron chi connectivity index (χ4n) is 1.92. The molecule has 0 aliphatic rings. The second kappa shape index (κ2) is 7.24. The van der Waals surface area contributed by atoms with E-state index in [1.165, 1.54) is 12.1 Å². The maximum Gasteiger partial charge on any atom is 0.254 e. The molecule has 0 aliphatic carbocycles. The van der Waals surface area contributed by atoms with Crippen molar-refractivity contribution < 1.29 is 13.9 Å². The molecule has 1 atom stereocenters. The van der Waals surface area contributed by atoms with Gasteiger partial charge in [-0.3, -0.25) is 4.79 Å². The Hall–Kier alpha value is -1.62. The Labute approximate surface area is 119 Å². The largest absolute Gasteiger partial charge is 0.398 e. The number of rotatable bonds is 6. The van der Waals surface area contributed by atoms with Gasteiger partial charge in [-0.25, -0.2) is 4.39 Å². The summed E-state index contributed by atoms with van der Waals surface area (Å²) in [5, 5.41) is 0. The van der Waals surface area contributed by atoms with Crippen molar-refractivity contribution in [3.05, 3.63) is 29.1 Å². The maximum absolute atomic E-state index is 13.7. The third kappa shape index (κ3) is 3.70. The molecule has 0 radical (unpaired) electrons. The van der Waals surface area contributed by atoms with Gasteiger partial charge in [0.15, 0.2) is 0 Å². The van der Waals surface area contributed by atoms with Gasteiger partial charge in [-0.2, -0.15) is 0 Å². The molecule has 0 aromatic heterocycles. The molecule has 112 valence electrons. The first-order valence-electron chi connectivity index (χ1n) is 6.77. The number of hydrogen-bond donors (Lipinski definition) is 1. The number of hydrogen-bond acceptors (Lipinski definition) is 3. The van der Waals surface area contributed by atoms with Gasteiger partial charge in [0.25, 0.3) is 5.91 Å². The van der Waals surface area contributed by atoms with Crippen molar-refractivity contribution in [1.29, 1.82) is 0 Å². The number of amides is 1. The number of benzene rings is 1. The third-order valence-corrected chi connectivity index (χ3v) is 3.55. The zero-order valence-electron chi connectivity index (χ0n) is 12.6. The molecule has 1 unspecified atom stereocenters. The normalized spacial score (nSPS) is 12.2. The standard InChI is InChI=1S/C15H23FN2O2/c1-5-10(2)18(6-7-20-4)15(19)12-8-13(16)11(3)14(17)9-12/h8-10H,5-7,17H2,1-4H3. The summed E-state index contributed by atoms with van der Waals surface area (Å²) < 4.78 is 18.8. The Balaban J connectivity index is 3.05. The highest BCUT2D eigenvalue weighted by molar-refractivity contribution is 5.95. The molecule has 5 heteroatoms. The van der Waals surface area contributed by atoms with Crippen molar-refractivity contribution in [2.75, 3.05) is 26.0 Å². The molecule has 20 heavy (non-hydrogen) atoms. The minimum atomic E-state index is -0.454. The molecular weight excluding hydrogens is 259 g/mol. The van der Waals surface area contributed by atoms with Gasteiger partial charge in [-0.05, 0) is 32.4 Å². The van der Waals surface area contributed by atoms with Crippen LogP contribution >= 0.6 is 0 Å². The molecule has 0 fully saturated rings. The van der Waals surface area contributed by atoms with E-state index >= 15 is 0 Å². The monoisotopic (exact) mass is 282 g/mol. The van der Waals surface area contributed by atoms with E-state index in [1.54, 1.807) is 18.9 Å². The van der Waals surface area contributed by atoms with Crippen LogP contribution in [0.1, 0.15) is 36.2 Å². The van der Waals surface area contributed by atoms with Crippen molar-refractivity contribution >= 4 is 11.6 Å². The van der Waals surface area contributed by atoms with Crippen LogP contribution in [0, 0.1) is 12.7 Å². The van der Waals surface area contributed by atoms with Gasteiger partial charge in [-0.1, -0.05) is 6.92 Å². The number of nitrogen functional groups attached to an aromatic ring is 1. The molecular formula is C15H23FN2O2. The summed E-state index contributed by atoms with van der Waals surface area (Å²) in [6.45, 7) is 6.47. The molecule has 0 heterocycles. The lowest BCUT2D eigenvalue weighted by Crippen LogP contribution is -2.40. The lowest BCUT2D eigenvalue weighted by Gasteiger charge is -2.28. The summed E-state index contributed by atoms with van der Waals surface area (Å²) in [6, 6.07) is 2.84. The van der Waals surface area contributed by atoms with E-state index in [0.29, 0.717) is 24.4 Å². The summed E-state index contributed by atoms with van der Waals surface area (Å²) in [5.41, 5.74) is 6.68. The van der Waals surface area contributed by atoms with Crippen LogP contribution in [-0.2, 0) is 4.74 Å². The lowest BCUT2D eigenvalue weighted by molar-refractivity contribution is 0.0613. The van der Waals surface area contributed by atoms with Crippen LogP contribution in [0.4, 0.5) is 10.1 Å². The van der Waals surface area contributed by atoms with E-state index in [0.717, 1.165) is 6.42 Å². The number of nitrogens with two attached hydrogens (primary N) is 1. The van der Waals surface area contributed by atoms with Crippen molar-refractivity contribution in [2.24, 2.45) is 0 Å². The van der Waals surface area contributed by atoms with E-state index in [4.69, 9.17) is 10.5 Å². The van der Waals surface area contributed by atoms with Crippen LogP contribution in [0.5, 0.6) is 0 Å². The molecule has 1 rings (SSSR count). The highest BCUT2D eigenvalue weighted by Crippen LogP contribution is 2.20. The van der Waals surface area contributed by atoms with Crippen molar-refractivity contribution in [3.8, 4) is 0 Å². The minimum Gasteiger partial charge on any atom is -0.398 e. The number of methoxy groups -OCH3 is 1. The van der Waals surface area contributed by atoms with Crippen LogP contribution in [-0.4, -0.2) is 37.1 Å². The van der Waals surface area contributed by atoms with Crippen molar-refractivity contribution in [3.63, 3.8) is 0 Å². The Morgan fingerprint density at radius 2 is 2.15 bits per heavy atom. The predicted octanol–water partition coefficient (Wildman–Crippen LogP) is 2.60. The average Bonchev–Trinajstić information content (AvgIpc) is 2.43. The minimum absolute atomic E-state index is 0.0586. The summed E-state index contributed by atoms with van der Waals surface area (Å²) in [7, 11) is 1.59. The van der Waals surface area contributed by atoms with Gasteiger partial charge in [-0.15, -0.1) is 0 Å². The first-order chi connectivity index (χ1) is 9.42. The second-order valence-electron chi connectivity index (χ2n) is 4.92. The van der Waals surface area contributed by atoms with Crippen LogP contribution in [0.2, 0.25) is 0 Å². The van der Waals surface area contributed by atoms with Gasteiger partial charge in [0.05, 0.1) is 6.61 Å². The van der Waals surface area contributed by atoms with Gasteiger partial charge < -0.3 is 15.4 Å². The Kier molecular flexibility index (Phi) is 5.95. The first-order valence-corrected chi connectivity index (χ1v) is 6.77. The van der Waals surface area contributed by atoms with Gasteiger partial charge >= 0.3 is 0 Å². The lowest BCUT2D eigenvalue weighted by atomic mass is 10.1. The van der Waals surface area contributed by atoms with E-state index in [2.05, 4.69) is 0 Å². The van der Waals surface area contributed by atoms with Crippen LogP contribution < -0.4 is 5.73 Å². The zero-order valence-corrected chi connectivity index (χ0v) is 12.6. The molecule has 0 bridgehead atoms. The predicted molar refractivity (Wildman–Crippen MR) is 78.2 cm³/mol. The Bertz CT molecular complexity index is 454. The third-order valence-electron chi connectivity index (χ3n) is 3.55. The zero-order chi connectivity index (χ0) is 15.3. The molecule has 1 aromatic carbocycles. The first kappa shape index (κ1) is 16.4. The fraction of sp³-hybridized carbons (Fsp3) is 0.533. The number of anilines is 1. The van der Waals surface area contributed by atoms with Gasteiger partial charge in [0.2, 0.25) is 0 Å². The summed E-state index contributed by atoms with van der Waals surface area (Å²) in [6.07, 6.45) is 0.819. The van der Waals surface area contributed by atoms with Crippen LogP contribution in [0.15, 0.2) is 12.1 Å². The molecule has 0 aliphatic heterocycles. The molecule has 1 aromatic rings. The highest BCUT2D eigenvalue weighted by atomic mass is 19.1. The van der Waals surface area contributed by atoms with E-state index in [1.807, 2.05) is 13.8 Å². The van der Waals surface area contributed by atoms with E-state index in [-0.39, 0.29) is 17.5 Å². The molecule has 0 saturated heterocycles. The highest BCUT2D eigenvalue weighted by Gasteiger charge is 2.21. The summed E-state index contributed by atoms with van der Waals surface area (Å²) in [5.74, 6) is -0.675. The summed E-state index contributed by atoms with van der Waals surface area (Å²) >= 11 is 0. The van der Waals surface area contributed by atoms with Crippen LogP contribution in [0.3, 0.4) is 0 Å². The molecule has 1 amide bonds. The Morgan fingerprint density at radius 3 is 2.65 bits per heavy atom. The van der Waals surface area contributed by atoms with Crippen molar-refractivity contribution in [1.82, 2.24) is 4.90 Å². The smallest absolute Gasteiger partial charge is 0.254 e. The molecule has 2 N–H and O–H groups in total. The number of carbonyl (C=O) groups excluding carboxylic acids is 1. The van der Waals surface area contributed by atoms with Gasteiger partial charge in [0.1, 0.15) is 5.82 Å². The number of halogens is 1. The Morgan fingerprint density at radius 1 is 1.50 bits per heavy atom. The maximum atomic E-state index is 13.7. The topological polar surface area (TPSA) is 55.6 Å². The van der Waals surface area contributed by atoms with E-state index in [9.17, 15) is 9.18 Å². The fourth-order valence-corrected chi connectivity index (χ4v) is 1.92. The SMILES string of the molecule is CCC(C)N(CCOC)C(=O)c1cc(N)c(C)c(F)c1. The molecule has 4 nitrogen and oxygen atoms in total.